The average Bonchev–Trinajstić information content (AvgIpc) is 3.03. The second-order valence-corrected chi connectivity index (χ2v) is 6.85. The van der Waals surface area contributed by atoms with Crippen molar-refractivity contribution in [2.75, 3.05) is 19.5 Å². The summed E-state index contributed by atoms with van der Waals surface area (Å²) in [7, 11) is 2.37. The molecule has 0 saturated carbocycles. The normalized spacial score (nSPS) is 18.7. The topological polar surface area (TPSA) is 143 Å². The number of nitrogens with one attached hydrogen (secondary N) is 4. The van der Waals surface area contributed by atoms with Crippen LogP contribution in [0.1, 0.15) is 30.1 Å². The summed E-state index contributed by atoms with van der Waals surface area (Å²) >= 11 is 0. The van der Waals surface area contributed by atoms with Crippen LogP contribution in [-0.2, 0) is 19.1 Å². The molecule has 1 unspecified atom stereocenters. The first-order chi connectivity index (χ1) is 14.2. The molecule has 162 valence electrons. The van der Waals surface area contributed by atoms with Crippen LogP contribution >= 0.6 is 0 Å². The van der Waals surface area contributed by atoms with Gasteiger partial charge >= 0.3 is 6.09 Å². The standard InChI is InChI=1S/C19H23FN4O6/c1-9-6-10(16(26)22-9)7-14(15(25)18(28)21-2)23-17(27)12-8-11(20)4-5-13(12)24-19(29)30-3/h4-5,8-10,14H,6-7H2,1-3H3,(H,21,28)(H,22,26)(H,23,27)(H,24,29)/t9-,10+,14?/m1/s1. The van der Waals surface area contributed by atoms with Gasteiger partial charge in [-0.1, -0.05) is 0 Å². The summed E-state index contributed by atoms with van der Waals surface area (Å²) in [6.45, 7) is 1.80. The molecule has 1 aromatic rings. The van der Waals surface area contributed by atoms with Crippen molar-refractivity contribution in [3.05, 3.63) is 29.6 Å². The van der Waals surface area contributed by atoms with E-state index in [1.54, 1.807) is 6.92 Å². The number of ether oxygens (including phenoxy) is 1. The Bertz CT molecular complexity index is 875. The van der Waals surface area contributed by atoms with E-state index in [1.165, 1.54) is 7.05 Å². The number of anilines is 1. The maximum atomic E-state index is 13.7. The molecule has 0 aliphatic carbocycles. The van der Waals surface area contributed by atoms with Gasteiger partial charge in [-0.05, 0) is 38.0 Å². The predicted molar refractivity (Wildman–Crippen MR) is 103 cm³/mol. The number of carbonyl (C=O) groups is 5. The molecule has 3 atom stereocenters. The summed E-state index contributed by atoms with van der Waals surface area (Å²) in [5.41, 5.74) is -0.335. The number of Topliss-reactive ketones (excluding diaryl/α,β-unsaturated/α-hetero) is 1. The molecule has 0 radical (unpaired) electrons. The van der Waals surface area contributed by atoms with Crippen LogP contribution in [0.15, 0.2) is 18.2 Å². The number of methoxy groups -OCH3 is 1. The number of likely N-dealkylation sites (N-methyl/N-ethyl adjacent to an activating group) is 1. The van der Waals surface area contributed by atoms with Gasteiger partial charge in [-0.15, -0.1) is 0 Å². The molecule has 1 aromatic carbocycles. The van der Waals surface area contributed by atoms with Gasteiger partial charge < -0.3 is 20.7 Å². The van der Waals surface area contributed by atoms with Crippen LogP contribution in [0.2, 0.25) is 0 Å². The number of benzene rings is 1. The maximum Gasteiger partial charge on any atom is 0.411 e. The number of rotatable bonds is 7. The largest absolute Gasteiger partial charge is 0.453 e. The lowest BCUT2D eigenvalue weighted by Gasteiger charge is -2.20. The van der Waals surface area contributed by atoms with Crippen LogP contribution in [0.4, 0.5) is 14.9 Å². The van der Waals surface area contributed by atoms with Crippen LogP contribution in [0.25, 0.3) is 0 Å². The van der Waals surface area contributed by atoms with Gasteiger partial charge in [-0.3, -0.25) is 24.5 Å². The highest BCUT2D eigenvalue weighted by molar-refractivity contribution is 6.38. The van der Waals surface area contributed by atoms with E-state index in [4.69, 9.17) is 0 Å². The Morgan fingerprint density at radius 3 is 2.57 bits per heavy atom. The molecule has 0 aromatic heterocycles. The van der Waals surface area contributed by atoms with E-state index < -0.39 is 41.5 Å². The van der Waals surface area contributed by atoms with E-state index >= 15 is 0 Å². The lowest BCUT2D eigenvalue weighted by molar-refractivity contribution is -0.139. The van der Waals surface area contributed by atoms with Gasteiger partial charge in [0.15, 0.2) is 0 Å². The van der Waals surface area contributed by atoms with Crippen LogP contribution < -0.4 is 21.3 Å². The van der Waals surface area contributed by atoms with Crippen molar-refractivity contribution in [2.24, 2.45) is 5.92 Å². The first kappa shape index (κ1) is 22.8. The zero-order valence-corrected chi connectivity index (χ0v) is 16.7. The van der Waals surface area contributed by atoms with Crippen molar-refractivity contribution in [1.82, 2.24) is 16.0 Å². The van der Waals surface area contributed by atoms with Crippen molar-refractivity contribution in [2.45, 2.75) is 31.8 Å². The van der Waals surface area contributed by atoms with Gasteiger partial charge in [0.1, 0.15) is 5.82 Å². The molecule has 1 saturated heterocycles. The molecule has 1 heterocycles. The van der Waals surface area contributed by atoms with Crippen molar-refractivity contribution in [3.8, 4) is 0 Å². The number of hydrogen-bond acceptors (Lipinski definition) is 6. The Labute approximate surface area is 171 Å². The molecule has 30 heavy (non-hydrogen) atoms. The highest BCUT2D eigenvalue weighted by Gasteiger charge is 2.36. The lowest BCUT2D eigenvalue weighted by Crippen LogP contribution is -2.48. The first-order valence-corrected chi connectivity index (χ1v) is 9.18. The molecule has 10 nitrogen and oxygen atoms in total. The van der Waals surface area contributed by atoms with Crippen LogP contribution in [0.3, 0.4) is 0 Å². The minimum Gasteiger partial charge on any atom is -0.453 e. The predicted octanol–water partition coefficient (Wildman–Crippen LogP) is 0.332. The quantitative estimate of drug-likeness (QED) is 0.467. The van der Waals surface area contributed by atoms with E-state index in [1.807, 2.05) is 0 Å². The third-order valence-corrected chi connectivity index (χ3v) is 4.64. The molecule has 0 bridgehead atoms. The molecule has 1 aliphatic heterocycles. The molecule has 4 N–H and O–H groups in total. The Morgan fingerprint density at radius 1 is 1.30 bits per heavy atom. The second kappa shape index (κ2) is 9.81. The van der Waals surface area contributed by atoms with Crippen LogP contribution in [-0.4, -0.2) is 55.8 Å². The Hall–Kier alpha value is -3.50. The number of hydrogen-bond donors (Lipinski definition) is 4. The summed E-state index contributed by atoms with van der Waals surface area (Å²) in [6, 6.07) is 1.62. The first-order valence-electron chi connectivity index (χ1n) is 9.18. The fourth-order valence-electron chi connectivity index (χ4n) is 3.16. The number of carbonyl (C=O) groups excluding carboxylic acids is 5. The van der Waals surface area contributed by atoms with E-state index in [0.29, 0.717) is 6.42 Å². The zero-order chi connectivity index (χ0) is 22.4. The fourth-order valence-corrected chi connectivity index (χ4v) is 3.16. The van der Waals surface area contributed by atoms with Crippen molar-refractivity contribution >= 4 is 35.3 Å². The second-order valence-electron chi connectivity index (χ2n) is 6.85. The fraction of sp³-hybridized carbons (Fsp3) is 0.421. The highest BCUT2D eigenvalue weighted by Crippen LogP contribution is 2.22. The van der Waals surface area contributed by atoms with Crippen molar-refractivity contribution < 1.29 is 33.1 Å². The Balaban J connectivity index is 2.28. The van der Waals surface area contributed by atoms with Gasteiger partial charge in [0.25, 0.3) is 11.8 Å². The molecule has 4 amide bonds. The van der Waals surface area contributed by atoms with E-state index in [2.05, 4.69) is 26.0 Å². The van der Waals surface area contributed by atoms with E-state index in [0.717, 1.165) is 25.3 Å². The summed E-state index contributed by atoms with van der Waals surface area (Å²) in [5.74, 6) is -4.43. The highest BCUT2D eigenvalue weighted by atomic mass is 19.1. The molecule has 1 aliphatic rings. The third-order valence-electron chi connectivity index (χ3n) is 4.64. The molecular formula is C19H23FN4O6. The number of amides is 4. The van der Waals surface area contributed by atoms with Gasteiger partial charge in [-0.2, -0.15) is 0 Å². The Morgan fingerprint density at radius 2 is 2.00 bits per heavy atom. The van der Waals surface area contributed by atoms with Gasteiger partial charge in [0, 0.05) is 19.0 Å². The van der Waals surface area contributed by atoms with Gasteiger partial charge in [-0.25, -0.2) is 9.18 Å². The minimum absolute atomic E-state index is 0.0564. The molecule has 2 rings (SSSR count). The minimum atomic E-state index is -1.33. The third kappa shape index (κ3) is 5.52. The SMILES string of the molecule is CNC(=O)C(=O)C(C[C@@H]1C[C@@H](C)NC1=O)NC(=O)c1cc(F)ccc1NC(=O)OC. The summed E-state index contributed by atoms with van der Waals surface area (Å²) in [5, 5.41) is 9.55. The van der Waals surface area contributed by atoms with Gasteiger partial charge in [0.05, 0.1) is 24.4 Å². The van der Waals surface area contributed by atoms with Crippen LogP contribution in [0.5, 0.6) is 0 Å². The lowest BCUT2D eigenvalue weighted by atomic mass is 9.93. The summed E-state index contributed by atoms with van der Waals surface area (Å²) in [4.78, 5) is 60.6. The summed E-state index contributed by atoms with van der Waals surface area (Å²) in [6.07, 6.45) is -0.560. The molecule has 1 fully saturated rings. The van der Waals surface area contributed by atoms with Crippen molar-refractivity contribution in [3.63, 3.8) is 0 Å². The molecular weight excluding hydrogens is 399 g/mol. The molecule has 11 heteroatoms. The van der Waals surface area contributed by atoms with Crippen molar-refractivity contribution in [1.29, 1.82) is 0 Å². The van der Waals surface area contributed by atoms with E-state index in [9.17, 15) is 28.4 Å². The monoisotopic (exact) mass is 422 g/mol. The Kier molecular flexibility index (Phi) is 7.45. The number of halogens is 1. The van der Waals surface area contributed by atoms with Crippen LogP contribution in [0, 0.1) is 11.7 Å². The van der Waals surface area contributed by atoms with Gasteiger partial charge in [0.2, 0.25) is 11.7 Å². The smallest absolute Gasteiger partial charge is 0.411 e. The summed E-state index contributed by atoms with van der Waals surface area (Å²) < 4.78 is 18.2. The number of ketones is 1. The maximum absolute atomic E-state index is 13.7. The van der Waals surface area contributed by atoms with E-state index in [-0.39, 0.29) is 29.6 Å². The molecule has 0 spiro atoms. The zero-order valence-electron chi connectivity index (χ0n) is 16.7. The average molecular weight is 422 g/mol.